The Morgan fingerprint density at radius 3 is 2.42 bits per heavy atom. The fraction of sp³-hybridized carbons (Fsp3) is 0.455. The molecule has 0 aliphatic rings. The third-order valence-electron chi connectivity index (χ3n) is 2.62. The minimum Gasteiger partial charge on any atom is -0.390 e. The summed E-state index contributed by atoms with van der Waals surface area (Å²) in [4.78, 5) is 0. The SMILES string of the molecule is NNc1cc(C(F)(F)F)ccc1C(O)C(O)CCCl. The second-order valence-corrected chi connectivity index (χ2v) is 4.31. The van der Waals surface area contributed by atoms with Crippen LogP contribution in [0.4, 0.5) is 18.9 Å². The van der Waals surface area contributed by atoms with E-state index in [1.54, 1.807) is 0 Å². The average molecular weight is 299 g/mol. The summed E-state index contributed by atoms with van der Waals surface area (Å²) in [6.45, 7) is 0. The molecule has 0 aliphatic carbocycles. The zero-order chi connectivity index (χ0) is 14.6. The minimum atomic E-state index is -4.51. The van der Waals surface area contributed by atoms with Gasteiger partial charge in [0.25, 0.3) is 0 Å². The van der Waals surface area contributed by atoms with Crippen LogP contribution in [0.1, 0.15) is 23.7 Å². The molecule has 0 aliphatic heterocycles. The van der Waals surface area contributed by atoms with Gasteiger partial charge in [0, 0.05) is 11.4 Å². The van der Waals surface area contributed by atoms with E-state index in [2.05, 4.69) is 5.43 Å². The molecule has 0 radical (unpaired) electrons. The van der Waals surface area contributed by atoms with Crippen LogP contribution < -0.4 is 11.3 Å². The Kier molecular flexibility index (Phi) is 5.42. The van der Waals surface area contributed by atoms with Crippen LogP contribution >= 0.6 is 11.6 Å². The van der Waals surface area contributed by atoms with Crippen molar-refractivity contribution in [1.29, 1.82) is 0 Å². The molecule has 0 fully saturated rings. The number of hydrazine groups is 1. The van der Waals surface area contributed by atoms with E-state index < -0.39 is 23.9 Å². The summed E-state index contributed by atoms with van der Waals surface area (Å²) in [7, 11) is 0. The largest absolute Gasteiger partial charge is 0.416 e. The lowest BCUT2D eigenvalue weighted by atomic mass is 9.99. The van der Waals surface area contributed by atoms with Crippen molar-refractivity contribution in [3.8, 4) is 0 Å². The van der Waals surface area contributed by atoms with Crippen LogP contribution in [-0.2, 0) is 6.18 Å². The van der Waals surface area contributed by atoms with Gasteiger partial charge in [0.15, 0.2) is 0 Å². The molecule has 0 saturated heterocycles. The highest BCUT2D eigenvalue weighted by atomic mass is 35.5. The number of aliphatic hydroxyl groups is 2. The summed E-state index contributed by atoms with van der Waals surface area (Å²) in [6.07, 6.45) is -6.95. The predicted molar refractivity (Wildman–Crippen MR) is 65.6 cm³/mol. The van der Waals surface area contributed by atoms with Crippen molar-refractivity contribution >= 4 is 17.3 Å². The van der Waals surface area contributed by atoms with Gasteiger partial charge in [0.1, 0.15) is 6.10 Å². The van der Waals surface area contributed by atoms with Crippen LogP contribution in [0.15, 0.2) is 18.2 Å². The number of hydrogen-bond acceptors (Lipinski definition) is 4. The third kappa shape index (κ3) is 3.97. The van der Waals surface area contributed by atoms with Crippen molar-refractivity contribution in [1.82, 2.24) is 0 Å². The smallest absolute Gasteiger partial charge is 0.390 e. The first-order valence-electron chi connectivity index (χ1n) is 5.41. The molecule has 0 saturated carbocycles. The van der Waals surface area contributed by atoms with Crippen molar-refractivity contribution < 1.29 is 23.4 Å². The zero-order valence-corrected chi connectivity index (χ0v) is 10.5. The Labute approximate surface area is 113 Å². The number of hydrogen-bond donors (Lipinski definition) is 4. The monoisotopic (exact) mass is 298 g/mol. The normalized spacial score (nSPS) is 15.1. The molecule has 19 heavy (non-hydrogen) atoms. The highest BCUT2D eigenvalue weighted by molar-refractivity contribution is 6.17. The number of anilines is 1. The van der Waals surface area contributed by atoms with E-state index in [0.717, 1.165) is 18.2 Å². The average Bonchev–Trinajstić information content (AvgIpc) is 2.36. The number of rotatable bonds is 5. The van der Waals surface area contributed by atoms with Crippen LogP contribution in [-0.4, -0.2) is 22.2 Å². The van der Waals surface area contributed by atoms with Gasteiger partial charge in [-0.1, -0.05) is 6.07 Å². The predicted octanol–water partition coefficient (Wildman–Crippen LogP) is 2.01. The summed E-state index contributed by atoms with van der Waals surface area (Å²) in [5.74, 6) is 5.25. The molecule has 2 atom stereocenters. The second-order valence-electron chi connectivity index (χ2n) is 3.93. The quantitative estimate of drug-likeness (QED) is 0.381. The molecule has 0 heterocycles. The molecule has 1 rings (SSSR count). The number of aliphatic hydroxyl groups excluding tert-OH is 2. The standard InChI is InChI=1S/C11H14ClF3N2O2/c12-4-3-9(18)10(19)7-2-1-6(11(13,14)15)5-8(7)17-16/h1-2,5,9-10,17-19H,3-4,16H2. The fourth-order valence-electron chi connectivity index (χ4n) is 1.59. The van der Waals surface area contributed by atoms with Gasteiger partial charge in [-0.05, 0) is 18.6 Å². The van der Waals surface area contributed by atoms with Gasteiger partial charge in [0.2, 0.25) is 0 Å². The van der Waals surface area contributed by atoms with E-state index >= 15 is 0 Å². The third-order valence-corrected chi connectivity index (χ3v) is 2.84. The summed E-state index contributed by atoms with van der Waals surface area (Å²) < 4.78 is 37.6. The lowest BCUT2D eigenvalue weighted by Gasteiger charge is -2.21. The Balaban J connectivity index is 3.09. The van der Waals surface area contributed by atoms with Gasteiger partial charge in [0.05, 0.1) is 17.4 Å². The molecule has 1 aromatic rings. The van der Waals surface area contributed by atoms with Crippen LogP contribution in [0.5, 0.6) is 0 Å². The first-order valence-corrected chi connectivity index (χ1v) is 5.94. The number of halogens is 4. The number of benzene rings is 1. The first kappa shape index (κ1) is 16.0. The van der Waals surface area contributed by atoms with E-state index in [-0.39, 0.29) is 23.6 Å². The number of nitrogens with two attached hydrogens (primary N) is 1. The van der Waals surface area contributed by atoms with Gasteiger partial charge in [-0.3, -0.25) is 5.84 Å². The Bertz CT molecular complexity index is 429. The number of nitrogen functional groups attached to an aromatic ring is 1. The van der Waals surface area contributed by atoms with E-state index in [1.165, 1.54) is 0 Å². The molecule has 4 nitrogen and oxygen atoms in total. The highest BCUT2D eigenvalue weighted by Gasteiger charge is 2.32. The molecule has 0 spiro atoms. The molecule has 1 aromatic carbocycles. The molecule has 0 amide bonds. The molecule has 2 unspecified atom stereocenters. The van der Waals surface area contributed by atoms with E-state index in [0.29, 0.717) is 0 Å². The molecule has 5 N–H and O–H groups in total. The Hall–Kier alpha value is -1.02. The summed E-state index contributed by atoms with van der Waals surface area (Å²) in [5.41, 5.74) is 1.16. The van der Waals surface area contributed by atoms with Crippen LogP contribution in [0, 0.1) is 0 Å². The van der Waals surface area contributed by atoms with Gasteiger partial charge in [-0.15, -0.1) is 11.6 Å². The van der Waals surface area contributed by atoms with E-state index in [9.17, 15) is 23.4 Å². The number of alkyl halides is 4. The molecule has 108 valence electrons. The Morgan fingerprint density at radius 1 is 1.32 bits per heavy atom. The van der Waals surface area contributed by atoms with Crippen molar-refractivity contribution in [2.45, 2.75) is 24.8 Å². The highest BCUT2D eigenvalue weighted by Crippen LogP contribution is 2.34. The van der Waals surface area contributed by atoms with Gasteiger partial charge in [-0.2, -0.15) is 13.2 Å². The molecular weight excluding hydrogens is 285 g/mol. The van der Waals surface area contributed by atoms with Crippen molar-refractivity contribution in [3.05, 3.63) is 29.3 Å². The topological polar surface area (TPSA) is 78.5 Å². The van der Waals surface area contributed by atoms with Crippen molar-refractivity contribution in [2.75, 3.05) is 11.3 Å². The minimum absolute atomic E-state index is 0.0770. The fourth-order valence-corrected chi connectivity index (χ4v) is 1.82. The van der Waals surface area contributed by atoms with Crippen LogP contribution in [0.3, 0.4) is 0 Å². The molecular formula is C11H14ClF3N2O2. The van der Waals surface area contributed by atoms with Crippen LogP contribution in [0.2, 0.25) is 0 Å². The molecule has 0 bridgehead atoms. The lowest BCUT2D eigenvalue weighted by molar-refractivity contribution is -0.137. The molecule has 0 aromatic heterocycles. The van der Waals surface area contributed by atoms with Crippen LogP contribution in [0.25, 0.3) is 0 Å². The summed E-state index contributed by atoms with van der Waals surface area (Å²) in [5, 5.41) is 19.4. The van der Waals surface area contributed by atoms with Crippen molar-refractivity contribution in [3.63, 3.8) is 0 Å². The van der Waals surface area contributed by atoms with E-state index in [4.69, 9.17) is 17.4 Å². The zero-order valence-electron chi connectivity index (χ0n) is 9.78. The maximum atomic E-state index is 12.5. The Morgan fingerprint density at radius 2 is 1.95 bits per heavy atom. The maximum Gasteiger partial charge on any atom is 0.416 e. The lowest BCUT2D eigenvalue weighted by Crippen LogP contribution is -2.21. The molecule has 8 heteroatoms. The summed E-state index contributed by atoms with van der Waals surface area (Å²) >= 11 is 5.43. The first-order chi connectivity index (χ1) is 8.81. The summed E-state index contributed by atoms with van der Waals surface area (Å²) in [6, 6.07) is 2.65. The second kappa shape index (κ2) is 6.42. The maximum absolute atomic E-state index is 12.5. The van der Waals surface area contributed by atoms with Gasteiger partial charge in [-0.25, -0.2) is 0 Å². The van der Waals surface area contributed by atoms with Gasteiger partial charge >= 0.3 is 6.18 Å². The number of nitrogens with one attached hydrogen (secondary N) is 1. The van der Waals surface area contributed by atoms with Gasteiger partial charge < -0.3 is 15.6 Å². The van der Waals surface area contributed by atoms with Crippen molar-refractivity contribution in [2.24, 2.45) is 5.84 Å². The van der Waals surface area contributed by atoms with E-state index in [1.807, 2.05) is 0 Å².